The SMILES string of the molecule is COc1cccc(C(CNCc2ccc(OCc3ccncc3)cc2)N2CCCC2)c1.Cl. The van der Waals surface area contributed by atoms with Gasteiger partial charge in [0.1, 0.15) is 18.1 Å². The number of ether oxygens (including phenoxy) is 2. The number of hydrogen-bond donors (Lipinski definition) is 1. The zero-order valence-electron chi connectivity index (χ0n) is 18.6. The summed E-state index contributed by atoms with van der Waals surface area (Å²) in [5.41, 5.74) is 3.68. The molecule has 0 bridgehead atoms. The van der Waals surface area contributed by atoms with E-state index in [4.69, 9.17) is 9.47 Å². The molecule has 0 amide bonds. The van der Waals surface area contributed by atoms with E-state index in [2.05, 4.69) is 45.5 Å². The molecule has 1 fully saturated rings. The van der Waals surface area contributed by atoms with Crippen LogP contribution in [0.5, 0.6) is 11.5 Å². The second-order valence-electron chi connectivity index (χ2n) is 7.95. The van der Waals surface area contributed by atoms with Gasteiger partial charge in [-0.05, 0) is 79.0 Å². The minimum atomic E-state index is 0. The quantitative estimate of drug-likeness (QED) is 0.467. The van der Waals surface area contributed by atoms with Crippen molar-refractivity contribution in [2.75, 3.05) is 26.7 Å². The molecular weight excluding hydrogens is 422 g/mol. The second kappa shape index (κ2) is 12.4. The number of hydrogen-bond acceptors (Lipinski definition) is 5. The van der Waals surface area contributed by atoms with E-state index in [9.17, 15) is 0 Å². The molecule has 4 rings (SSSR count). The molecule has 1 unspecified atom stereocenters. The summed E-state index contributed by atoms with van der Waals surface area (Å²) in [5, 5.41) is 3.66. The number of aromatic nitrogens is 1. The van der Waals surface area contributed by atoms with Gasteiger partial charge >= 0.3 is 0 Å². The van der Waals surface area contributed by atoms with Gasteiger partial charge in [0.25, 0.3) is 0 Å². The normalized spacial score (nSPS) is 14.5. The molecule has 1 aromatic heterocycles. The van der Waals surface area contributed by atoms with Crippen LogP contribution in [-0.2, 0) is 13.2 Å². The maximum Gasteiger partial charge on any atom is 0.119 e. The van der Waals surface area contributed by atoms with E-state index < -0.39 is 0 Å². The third-order valence-corrected chi connectivity index (χ3v) is 5.81. The van der Waals surface area contributed by atoms with Crippen LogP contribution in [0.3, 0.4) is 0 Å². The lowest BCUT2D eigenvalue weighted by Gasteiger charge is -2.28. The van der Waals surface area contributed by atoms with Crippen molar-refractivity contribution in [1.82, 2.24) is 15.2 Å². The van der Waals surface area contributed by atoms with Crippen LogP contribution in [-0.4, -0.2) is 36.6 Å². The molecule has 1 saturated heterocycles. The Morgan fingerprint density at radius 2 is 1.69 bits per heavy atom. The molecule has 0 saturated carbocycles. The summed E-state index contributed by atoms with van der Waals surface area (Å²) in [5.74, 6) is 1.80. The van der Waals surface area contributed by atoms with Crippen LogP contribution in [0.4, 0.5) is 0 Å². The number of benzene rings is 2. The highest BCUT2D eigenvalue weighted by Crippen LogP contribution is 2.27. The number of rotatable bonds is 10. The number of likely N-dealkylation sites (tertiary alicyclic amines) is 1. The minimum absolute atomic E-state index is 0. The van der Waals surface area contributed by atoms with Crippen LogP contribution >= 0.6 is 12.4 Å². The van der Waals surface area contributed by atoms with Gasteiger partial charge in [0.15, 0.2) is 0 Å². The van der Waals surface area contributed by atoms with Crippen molar-refractivity contribution in [3.05, 3.63) is 89.7 Å². The monoisotopic (exact) mass is 453 g/mol. The molecular formula is C26H32ClN3O2. The summed E-state index contributed by atoms with van der Waals surface area (Å²) >= 11 is 0. The third kappa shape index (κ3) is 6.70. The maximum absolute atomic E-state index is 5.87. The molecule has 2 aromatic carbocycles. The zero-order valence-corrected chi connectivity index (χ0v) is 19.4. The van der Waals surface area contributed by atoms with Crippen molar-refractivity contribution in [3.63, 3.8) is 0 Å². The lowest BCUT2D eigenvalue weighted by atomic mass is 10.0. The highest BCUT2D eigenvalue weighted by atomic mass is 35.5. The first kappa shape index (κ1) is 24.1. The summed E-state index contributed by atoms with van der Waals surface area (Å²) in [6.45, 7) is 4.62. The Hall–Kier alpha value is -2.60. The Labute approximate surface area is 197 Å². The molecule has 0 radical (unpaired) electrons. The van der Waals surface area contributed by atoms with Crippen LogP contribution < -0.4 is 14.8 Å². The topological polar surface area (TPSA) is 46.6 Å². The average molecular weight is 454 g/mol. The first-order valence-electron chi connectivity index (χ1n) is 11.0. The Kier molecular flexibility index (Phi) is 9.35. The molecule has 1 atom stereocenters. The van der Waals surface area contributed by atoms with Crippen LogP contribution in [0, 0.1) is 0 Å². The van der Waals surface area contributed by atoms with Crippen LogP contribution in [0.2, 0.25) is 0 Å². The van der Waals surface area contributed by atoms with Crippen LogP contribution in [0.25, 0.3) is 0 Å². The standard InChI is InChI=1S/C26H31N3O2.ClH/c1-30-25-6-4-5-23(17-25)26(29-15-2-3-16-29)19-28-18-21-7-9-24(10-8-21)31-20-22-11-13-27-14-12-22;/h4-14,17,26,28H,2-3,15-16,18-20H2,1H3;1H. The number of halogens is 1. The summed E-state index contributed by atoms with van der Waals surface area (Å²) in [7, 11) is 1.73. The molecule has 1 N–H and O–H groups in total. The van der Waals surface area contributed by atoms with E-state index in [1.165, 1.54) is 24.0 Å². The number of nitrogens with zero attached hydrogens (tertiary/aromatic N) is 2. The molecule has 0 aliphatic carbocycles. The Balaban J connectivity index is 0.00000289. The van der Waals surface area contributed by atoms with Crippen LogP contribution in [0.15, 0.2) is 73.1 Å². The fourth-order valence-electron chi connectivity index (χ4n) is 4.06. The number of pyridine rings is 1. The smallest absolute Gasteiger partial charge is 0.119 e. The lowest BCUT2D eigenvalue weighted by molar-refractivity contribution is 0.238. The van der Waals surface area contributed by atoms with Gasteiger partial charge in [0.05, 0.1) is 7.11 Å². The molecule has 1 aliphatic rings. The molecule has 6 heteroatoms. The van der Waals surface area contributed by atoms with Crippen molar-refractivity contribution in [3.8, 4) is 11.5 Å². The predicted molar refractivity (Wildman–Crippen MR) is 131 cm³/mol. The van der Waals surface area contributed by atoms with Crippen molar-refractivity contribution >= 4 is 12.4 Å². The van der Waals surface area contributed by atoms with Gasteiger partial charge in [-0.1, -0.05) is 24.3 Å². The van der Waals surface area contributed by atoms with E-state index in [1.807, 2.05) is 30.3 Å². The zero-order chi connectivity index (χ0) is 21.3. The number of methoxy groups -OCH3 is 1. The highest BCUT2D eigenvalue weighted by Gasteiger charge is 2.23. The summed E-state index contributed by atoms with van der Waals surface area (Å²) in [4.78, 5) is 6.62. The highest BCUT2D eigenvalue weighted by molar-refractivity contribution is 5.85. The Morgan fingerprint density at radius 1 is 0.938 bits per heavy atom. The van der Waals surface area contributed by atoms with Gasteiger partial charge in [-0.25, -0.2) is 0 Å². The summed E-state index contributed by atoms with van der Waals surface area (Å²) in [6, 6.07) is 21.1. The maximum atomic E-state index is 5.87. The molecule has 1 aliphatic heterocycles. The minimum Gasteiger partial charge on any atom is -0.497 e. The molecule has 0 spiro atoms. The second-order valence-corrected chi connectivity index (χ2v) is 7.95. The van der Waals surface area contributed by atoms with E-state index in [1.54, 1.807) is 19.5 Å². The fourth-order valence-corrected chi connectivity index (χ4v) is 4.06. The molecule has 170 valence electrons. The van der Waals surface area contributed by atoms with E-state index in [0.29, 0.717) is 12.6 Å². The van der Waals surface area contributed by atoms with Gasteiger partial charge < -0.3 is 14.8 Å². The molecule has 5 nitrogen and oxygen atoms in total. The first-order chi connectivity index (χ1) is 15.3. The summed E-state index contributed by atoms with van der Waals surface area (Å²) in [6.07, 6.45) is 6.13. The average Bonchev–Trinajstić information content (AvgIpc) is 3.36. The van der Waals surface area contributed by atoms with Gasteiger partial charge in [0.2, 0.25) is 0 Å². The Bertz CT molecular complexity index is 931. The Morgan fingerprint density at radius 3 is 2.41 bits per heavy atom. The summed E-state index contributed by atoms with van der Waals surface area (Å²) < 4.78 is 11.3. The van der Waals surface area contributed by atoms with Crippen molar-refractivity contribution < 1.29 is 9.47 Å². The van der Waals surface area contributed by atoms with Crippen molar-refractivity contribution in [1.29, 1.82) is 0 Å². The molecule has 3 aromatic rings. The van der Waals surface area contributed by atoms with Gasteiger partial charge in [-0.15, -0.1) is 12.4 Å². The predicted octanol–water partition coefficient (Wildman–Crippen LogP) is 5.02. The number of nitrogens with one attached hydrogen (secondary N) is 1. The van der Waals surface area contributed by atoms with E-state index >= 15 is 0 Å². The van der Waals surface area contributed by atoms with Crippen molar-refractivity contribution in [2.45, 2.75) is 32.0 Å². The van der Waals surface area contributed by atoms with Crippen molar-refractivity contribution in [2.24, 2.45) is 0 Å². The van der Waals surface area contributed by atoms with Gasteiger partial charge in [-0.3, -0.25) is 9.88 Å². The molecule has 32 heavy (non-hydrogen) atoms. The van der Waals surface area contributed by atoms with Crippen LogP contribution in [0.1, 0.15) is 35.6 Å². The van der Waals surface area contributed by atoms with Gasteiger partial charge in [0, 0.05) is 31.5 Å². The fraction of sp³-hybridized carbons (Fsp3) is 0.346. The van der Waals surface area contributed by atoms with E-state index in [-0.39, 0.29) is 12.4 Å². The van der Waals surface area contributed by atoms with E-state index in [0.717, 1.165) is 43.2 Å². The third-order valence-electron chi connectivity index (χ3n) is 5.81. The largest absolute Gasteiger partial charge is 0.497 e. The van der Waals surface area contributed by atoms with Gasteiger partial charge in [-0.2, -0.15) is 0 Å². The molecule has 2 heterocycles. The lowest BCUT2D eigenvalue weighted by Crippen LogP contribution is -2.34. The first-order valence-corrected chi connectivity index (χ1v) is 11.0.